The van der Waals surface area contributed by atoms with E-state index in [9.17, 15) is 0 Å². The summed E-state index contributed by atoms with van der Waals surface area (Å²) in [6.07, 6.45) is 1.85. The van der Waals surface area contributed by atoms with Gasteiger partial charge >= 0.3 is 0 Å². The van der Waals surface area contributed by atoms with Crippen LogP contribution in [0, 0.1) is 0 Å². The third-order valence-electron chi connectivity index (χ3n) is 3.55. The maximum absolute atomic E-state index is 5.32. The van der Waals surface area contributed by atoms with Crippen molar-refractivity contribution >= 4 is 25.0 Å². The molecule has 0 spiro atoms. The molecule has 0 atom stereocenters. The summed E-state index contributed by atoms with van der Waals surface area (Å²) in [5, 5.41) is 1.35. The highest BCUT2D eigenvalue weighted by Crippen LogP contribution is 2.20. The van der Waals surface area contributed by atoms with Gasteiger partial charge in [0.1, 0.15) is 18.2 Å². The molecular weight excluding hydrogens is 278 g/mol. The summed E-state index contributed by atoms with van der Waals surface area (Å²) in [4.78, 5) is 9.33. The van der Waals surface area contributed by atoms with E-state index < -0.39 is 8.80 Å². The molecule has 4 nitrogen and oxygen atoms in total. The second kappa shape index (κ2) is 5.79. The summed E-state index contributed by atoms with van der Waals surface area (Å²) in [5.74, 6) is 1.90. The van der Waals surface area contributed by atoms with Crippen LogP contribution in [0.2, 0.25) is 13.1 Å². The minimum absolute atomic E-state index is 0.477. The van der Waals surface area contributed by atoms with Crippen LogP contribution in [0.1, 0.15) is 5.82 Å². The number of hydrogen-bond acceptors (Lipinski definition) is 3. The van der Waals surface area contributed by atoms with E-state index in [0.29, 0.717) is 6.61 Å². The van der Waals surface area contributed by atoms with Crippen molar-refractivity contribution < 1.29 is 4.74 Å². The maximum Gasteiger partial charge on any atom is 0.141 e. The normalized spacial score (nSPS) is 11.4. The molecule has 0 aliphatic rings. The Balaban J connectivity index is 2.31. The van der Waals surface area contributed by atoms with E-state index in [1.165, 1.54) is 5.19 Å². The van der Waals surface area contributed by atoms with Crippen molar-refractivity contribution in [2.24, 2.45) is 0 Å². The van der Waals surface area contributed by atoms with Crippen LogP contribution in [0.15, 0.2) is 42.6 Å². The van der Waals surface area contributed by atoms with Crippen molar-refractivity contribution in [3.8, 4) is 5.82 Å². The van der Waals surface area contributed by atoms with E-state index in [1.807, 2.05) is 30.5 Å². The van der Waals surface area contributed by atoms with Crippen LogP contribution in [0.3, 0.4) is 0 Å². The fraction of sp³-hybridized carbons (Fsp3) is 0.250. The number of hydrogen-bond donors (Lipinski definition) is 0. The number of aromatic nitrogens is 3. The number of nitrogens with zero attached hydrogens (tertiary/aromatic N) is 3. The SMILES string of the molecule is COCc1nc2ccccc2n1-c1ncccc1[SiH](C)C. The quantitative estimate of drug-likeness (QED) is 0.694. The van der Waals surface area contributed by atoms with Gasteiger partial charge in [0.25, 0.3) is 0 Å². The lowest BCUT2D eigenvalue weighted by molar-refractivity contribution is 0.177. The standard InChI is InChI=1S/C16H19N3OSi/c1-20-11-15-18-12-7-4-5-8-13(12)19(15)16-14(21(2)3)9-6-10-17-16/h4-10,21H,11H2,1-3H3. The molecule has 0 aliphatic carbocycles. The number of methoxy groups -OCH3 is 1. The first-order valence-electron chi connectivity index (χ1n) is 7.13. The zero-order chi connectivity index (χ0) is 14.8. The zero-order valence-corrected chi connectivity index (χ0v) is 13.7. The number of para-hydroxylation sites is 2. The predicted octanol–water partition coefficient (Wildman–Crippen LogP) is 2.26. The van der Waals surface area contributed by atoms with Gasteiger partial charge in [-0.05, 0) is 23.4 Å². The molecule has 0 aliphatic heterocycles. The molecule has 0 radical (unpaired) electrons. The average Bonchev–Trinajstić information content (AvgIpc) is 2.85. The highest BCUT2D eigenvalue weighted by atomic mass is 28.3. The van der Waals surface area contributed by atoms with Crippen molar-refractivity contribution in [2.75, 3.05) is 7.11 Å². The minimum atomic E-state index is -0.986. The molecule has 2 heterocycles. The molecule has 1 aromatic carbocycles. The van der Waals surface area contributed by atoms with Gasteiger partial charge in [-0.15, -0.1) is 0 Å². The van der Waals surface area contributed by atoms with Crippen molar-refractivity contribution in [3.63, 3.8) is 0 Å². The van der Waals surface area contributed by atoms with Crippen LogP contribution in [0.4, 0.5) is 0 Å². The summed E-state index contributed by atoms with van der Waals surface area (Å²) in [7, 11) is 0.709. The Hall–Kier alpha value is -1.98. The number of pyridine rings is 1. The van der Waals surface area contributed by atoms with Gasteiger partial charge in [0.05, 0.1) is 19.8 Å². The summed E-state index contributed by atoms with van der Waals surface area (Å²) in [6, 6.07) is 12.4. The lowest BCUT2D eigenvalue weighted by Gasteiger charge is -2.14. The van der Waals surface area contributed by atoms with Crippen molar-refractivity contribution in [2.45, 2.75) is 19.7 Å². The zero-order valence-electron chi connectivity index (χ0n) is 12.6. The minimum Gasteiger partial charge on any atom is -0.377 e. The van der Waals surface area contributed by atoms with E-state index in [1.54, 1.807) is 7.11 Å². The summed E-state index contributed by atoms with van der Waals surface area (Å²) < 4.78 is 7.46. The molecule has 0 fully saturated rings. The van der Waals surface area contributed by atoms with Crippen molar-refractivity contribution in [1.29, 1.82) is 0 Å². The van der Waals surface area contributed by atoms with Crippen LogP contribution in [0.5, 0.6) is 0 Å². The van der Waals surface area contributed by atoms with E-state index in [-0.39, 0.29) is 0 Å². The molecule has 0 saturated heterocycles. The molecule has 0 amide bonds. The maximum atomic E-state index is 5.32. The number of benzene rings is 1. The highest BCUT2D eigenvalue weighted by Gasteiger charge is 2.17. The molecule has 0 N–H and O–H groups in total. The fourth-order valence-corrected chi connectivity index (χ4v) is 3.80. The molecule has 0 bridgehead atoms. The van der Waals surface area contributed by atoms with E-state index in [4.69, 9.17) is 9.72 Å². The van der Waals surface area contributed by atoms with Gasteiger partial charge in [-0.3, -0.25) is 4.57 Å². The third kappa shape index (κ3) is 2.50. The van der Waals surface area contributed by atoms with Crippen LogP contribution >= 0.6 is 0 Å². The molecule has 0 unspecified atom stereocenters. The smallest absolute Gasteiger partial charge is 0.141 e. The van der Waals surface area contributed by atoms with Crippen molar-refractivity contribution in [1.82, 2.24) is 14.5 Å². The monoisotopic (exact) mass is 297 g/mol. The molecule has 3 rings (SSSR count). The average molecular weight is 297 g/mol. The molecule has 5 heteroatoms. The van der Waals surface area contributed by atoms with Crippen LogP contribution in [0.25, 0.3) is 16.9 Å². The topological polar surface area (TPSA) is 39.9 Å². The van der Waals surface area contributed by atoms with Crippen LogP contribution < -0.4 is 5.19 Å². The lowest BCUT2D eigenvalue weighted by atomic mass is 10.3. The Morgan fingerprint density at radius 2 is 1.95 bits per heavy atom. The summed E-state index contributed by atoms with van der Waals surface area (Å²) in [5.41, 5.74) is 2.06. The number of fused-ring (bicyclic) bond motifs is 1. The Morgan fingerprint density at radius 1 is 1.14 bits per heavy atom. The number of imidazole rings is 1. The second-order valence-corrected chi connectivity index (χ2v) is 8.29. The lowest BCUT2D eigenvalue weighted by Crippen LogP contribution is -2.29. The number of rotatable bonds is 4. The molecule has 3 aromatic rings. The third-order valence-corrected chi connectivity index (χ3v) is 5.25. The van der Waals surface area contributed by atoms with E-state index in [0.717, 1.165) is 22.7 Å². The summed E-state index contributed by atoms with van der Waals surface area (Å²) >= 11 is 0. The molecule has 108 valence electrons. The summed E-state index contributed by atoms with van der Waals surface area (Å²) in [6.45, 7) is 5.11. The van der Waals surface area contributed by atoms with Crippen LogP contribution in [-0.2, 0) is 11.3 Å². The first kappa shape index (κ1) is 14.0. The molecule has 2 aromatic heterocycles. The van der Waals surface area contributed by atoms with Gasteiger partial charge in [0.2, 0.25) is 0 Å². The van der Waals surface area contributed by atoms with Gasteiger partial charge in [0.15, 0.2) is 0 Å². The molecule has 21 heavy (non-hydrogen) atoms. The predicted molar refractivity (Wildman–Crippen MR) is 88.1 cm³/mol. The van der Waals surface area contributed by atoms with Gasteiger partial charge in [-0.25, -0.2) is 9.97 Å². The Bertz CT molecular complexity index is 767. The fourth-order valence-electron chi connectivity index (χ4n) is 2.59. The largest absolute Gasteiger partial charge is 0.377 e. The first-order valence-corrected chi connectivity index (χ1v) is 10.0. The van der Waals surface area contributed by atoms with Crippen LogP contribution in [-0.4, -0.2) is 30.4 Å². The van der Waals surface area contributed by atoms with Crippen molar-refractivity contribution in [3.05, 3.63) is 48.4 Å². The van der Waals surface area contributed by atoms with Gasteiger partial charge in [0, 0.05) is 13.3 Å². The first-order chi connectivity index (χ1) is 10.2. The van der Waals surface area contributed by atoms with E-state index >= 15 is 0 Å². The van der Waals surface area contributed by atoms with E-state index in [2.05, 4.69) is 34.8 Å². The Kier molecular flexibility index (Phi) is 3.85. The second-order valence-electron chi connectivity index (χ2n) is 5.36. The Labute approximate surface area is 126 Å². The number of ether oxygens (including phenoxy) is 1. The molecular formula is C16H19N3OSi. The Morgan fingerprint density at radius 3 is 2.71 bits per heavy atom. The highest BCUT2D eigenvalue weighted by molar-refractivity contribution is 6.71. The van der Waals surface area contributed by atoms with Gasteiger partial charge in [-0.2, -0.15) is 0 Å². The van der Waals surface area contributed by atoms with Gasteiger partial charge < -0.3 is 4.74 Å². The molecule has 0 saturated carbocycles. The van der Waals surface area contributed by atoms with Gasteiger partial charge in [-0.1, -0.05) is 31.3 Å².